The number of carbonyl (C=O) groups excluding carboxylic acids is 1. The van der Waals surface area contributed by atoms with E-state index < -0.39 is 0 Å². The van der Waals surface area contributed by atoms with E-state index in [1.54, 1.807) is 13.1 Å². The first kappa shape index (κ1) is 15.3. The first-order valence-electron chi connectivity index (χ1n) is 8.71. The minimum atomic E-state index is 0.0424. The molecule has 3 heterocycles. The van der Waals surface area contributed by atoms with Gasteiger partial charge in [-0.3, -0.25) is 9.78 Å². The predicted octanol–water partition coefficient (Wildman–Crippen LogP) is 2.85. The molecule has 2 fully saturated rings. The molecule has 2 atom stereocenters. The maximum atomic E-state index is 11.9. The minimum Gasteiger partial charge on any atom is -0.341 e. The predicted molar refractivity (Wildman–Crippen MR) is 87.5 cm³/mol. The molecule has 2 aromatic rings. The second-order valence-electron chi connectivity index (χ2n) is 6.90. The lowest BCUT2D eigenvalue weighted by atomic mass is 9.90. The van der Waals surface area contributed by atoms with E-state index in [-0.39, 0.29) is 17.7 Å². The zero-order chi connectivity index (χ0) is 16.5. The van der Waals surface area contributed by atoms with Crippen molar-refractivity contribution in [1.29, 1.82) is 0 Å². The first-order chi connectivity index (χ1) is 11.7. The third-order valence-corrected chi connectivity index (χ3v) is 5.37. The Balaban J connectivity index is 1.62. The summed E-state index contributed by atoms with van der Waals surface area (Å²) in [6, 6.07) is 3.99. The summed E-state index contributed by atoms with van der Waals surface area (Å²) < 4.78 is 5.62. The Hall–Kier alpha value is -2.24. The van der Waals surface area contributed by atoms with E-state index in [0.717, 1.165) is 24.2 Å². The summed E-state index contributed by atoms with van der Waals surface area (Å²) in [5.74, 6) is 2.22. The molecule has 0 bridgehead atoms. The van der Waals surface area contributed by atoms with Gasteiger partial charge in [-0.2, -0.15) is 4.98 Å². The van der Waals surface area contributed by atoms with Crippen LogP contribution in [0.25, 0.3) is 0 Å². The van der Waals surface area contributed by atoms with E-state index in [2.05, 4.69) is 16.2 Å². The lowest BCUT2D eigenvalue weighted by molar-refractivity contribution is -0.127. The topological polar surface area (TPSA) is 72.1 Å². The molecule has 6 nitrogen and oxygen atoms in total. The van der Waals surface area contributed by atoms with Crippen LogP contribution in [0.15, 0.2) is 29.0 Å². The van der Waals surface area contributed by atoms with Crippen molar-refractivity contribution in [3.05, 3.63) is 41.8 Å². The maximum absolute atomic E-state index is 11.9. The molecule has 6 heteroatoms. The smallest absolute Gasteiger partial charge is 0.232 e. The number of nitrogens with zero attached hydrogens (tertiary/aromatic N) is 4. The van der Waals surface area contributed by atoms with Crippen LogP contribution < -0.4 is 0 Å². The van der Waals surface area contributed by atoms with E-state index in [0.29, 0.717) is 24.9 Å². The van der Waals surface area contributed by atoms with E-state index in [1.165, 1.54) is 12.8 Å². The highest BCUT2D eigenvalue weighted by molar-refractivity contribution is 5.74. The average Bonchev–Trinajstić information content (AvgIpc) is 3.33. The van der Waals surface area contributed by atoms with Crippen LogP contribution in [-0.2, 0) is 4.79 Å². The van der Waals surface area contributed by atoms with E-state index in [4.69, 9.17) is 9.51 Å². The van der Waals surface area contributed by atoms with Crippen molar-refractivity contribution in [2.24, 2.45) is 0 Å². The quantitative estimate of drug-likeness (QED) is 0.867. The molecule has 1 aliphatic carbocycles. The molecule has 1 amide bonds. The Morgan fingerprint density at radius 3 is 2.75 bits per heavy atom. The fourth-order valence-corrected chi connectivity index (χ4v) is 3.99. The van der Waals surface area contributed by atoms with E-state index in [1.807, 2.05) is 17.2 Å². The van der Waals surface area contributed by atoms with Crippen molar-refractivity contribution in [1.82, 2.24) is 20.0 Å². The summed E-state index contributed by atoms with van der Waals surface area (Å²) in [5, 5.41) is 4.24. The lowest BCUT2D eigenvalue weighted by Crippen LogP contribution is -2.25. The number of amides is 1. The van der Waals surface area contributed by atoms with Crippen molar-refractivity contribution in [2.45, 2.75) is 50.4 Å². The number of hydrogen-bond donors (Lipinski definition) is 0. The Morgan fingerprint density at radius 2 is 2.04 bits per heavy atom. The van der Waals surface area contributed by atoms with E-state index >= 15 is 0 Å². The van der Waals surface area contributed by atoms with Gasteiger partial charge in [0, 0.05) is 44.2 Å². The second-order valence-corrected chi connectivity index (χ2v) is 6.90. The third-order valence-electron chi connectivity index (χ3n) is 5.37. The van der Waals surface area contributed by atoms with Gasteiger partial charge in [0.05, 0.1) is 5.92 Å². The molecule has 1 saturated carbocycles. The van der Waals surface area contributed by atoms with Crippen molar-refractivity contribution in [3.8, 4) is 0 Å². The summed E-state index contributed by atoms with van der Waals surface area (Å²) in [5.41, 5.74) is 1.12. The summed E-state index contributed by atoms with van der Waals surface area (Å²) in [4.78, 5) is 22.7. The van der Waals surface area contributed by atoms with Crippen LogP contribution in [-0.4, -0.2) is 39.0 Å². The van der Waals surface area contributed by atoms with E-state index in [9.17, 15) is 4.79 Å². The molecule has 0 aromatic carbocycles. The maximum Gasteiger partial charge on any atom is 0.232 e. The van der Waals surface area contributed by atoms with Crippen LogP contribution in [0.2, 0.25) is 0 Å². The lowest BCUT2D eigenvalue weighted by Gasteiger charge is -2.14. The Labute approximate surface area is 141 Å². The third kappa shape index (κ3) is 2.81. The normalized spacial score (nSPS) is 24.6. The number of hydrogen-bond acceptors (Lipinski definition) is 5. The number of aromatic nitrogens is 3. The number of rotatable bonds is 3. The zero-order valence-corrected chi connectivity index (χ0v) is 13.9. The highest BCUT2D eigenvalue weighted by Crippen LogP contribution is 2.40. The SMILES string of the molecule is CC(=O)N1C[C@@H](c2cccnc2)[C@H](c2nc(C3CCCC3)no2)C1. The van der Waals surface area contributed by atoms with Gasteiger partial charge in [0.15, 0.2) is 5.82 Å². The van der Waals surface area contributed by atoms with Gasteiger partial charge < -0.3 is 9.42 Å². The van der Waals surface area contributed by atoms with Gasteiger partial charge >= 0.3 is 0 Å². The monoisotopic (exact) mass is 326 g/mol. The molecule has 0 N–H and O–H groups in total. The van der Waals surface area contributed by atoms with Crippen LogP contribution >= 0.6 is 0 Å². The molecule has 126 valence electrons. The van der Waals surface area contributed by atoms with Crippen LogP contribution in [0.3, 0.4) is 0 Å². The molecule has 1 aliphatic heterocycles. The van der Waals surface area contributed by atoms with Crippen molar-refractivity contribution in [2.75, 3.05) is 13.1 Å². The molecule has 0 spiro atoms. The highest BCUT2D eigenvalue weighted by atomic mass is 16.5. The fraction of sp³-hybridized carbons (Fsp3) is 0.556. The molecule has 2 aliphatic rings. The summed E-state index contributed by atoms with van der Waals surface area (Å²) in [7, 11) is 0. The minimum absolute atomic E-state index is 0.0424. The molecular weight excluding hydrogens is 304 g/mol. The van der Waals surface area contributed by atoms with Gasteiger partial charge in [0.1, 0.15) is 0 Å². The van der Waals surface area contributed by atoms with Crippen LogP contribution in [0.5, 0.6) is 0 Å². The second kappa shape index (κ2) is 6.34. The molecule has 24 heavy (non-hydrogen) atoms. The molecule has 1 saturated heterocycles. The van der Waals surface area contributed by atoms with Gasteiger partial charge in [-0.25, -0.2) is 0 Å². The highest BCUT2D eigenvalue weighted by Gasteiger charge is 2.40. The fourth-order valence-electron chi connectivity index (χ4n) is 3.99. The van der Waals surface area contributed by atoms with Crippen molar-refractivity contribution >= 4 is 5.91 Å². The van der Waals surface area contributed by atoms with Gasteiger partial charge in [0.2, 0.25) is 11.8 Å². The molecule has 4 rings (SSSR count). The first-order valence-corrected chi connectivity index (χ1v) is 8.71. The summed E-state index contributed by atoms with van der Waals surface area (Å²) >= 11 is 0. The molecule has 0 unspecified atom stereocenters. The van der Waals surface area contributed by atoms with Gasteiger partial charge in [-0.15, -0.1) is 0 Å². The van der Waals surface area contributed by atoms with Gasteiger partial charge in [-0.1, -0.05) is 24.1 Å². The van der Waals surface area contributed by atoms with Gasteiger partial charge in [-0.05, 0) is 24.5 Å². The van der Waals surface area contributed by atoms with Crippen LogP contribution in [0.1, 0.15) is 67.6 Å². The average molecular weight is 326 g/mol. The van der Waals surface area contributed by atoms with Crippen LogP contribution in [0.4, 0.5) is 0 Å². The summed E-state index contributed by atoms with van der Waals surface area (Å²) in [6.45, 7) is 2.91. The Kier molecular flexibility index (Phi) is 4.04. The molecular formula is C18H22N4O2. The Bertz CT molecular complexity index is 709. The standard InChI is InChI=1S/C18H22N4O2/c1-12(23)22-10-15(14-7-4-8-19-9-14)16(11-22)18-20-17(21-24-18)13-5-2-3-6-13/h4,7-9,13,15-16H,2-3,5-6,10-11H2,1H3/t15-,16+/m0/s1. The van der Waals surface area contributed by atoms with Crippen LogP contribution in [0, 0.1) is 0 Å². The van der Waals surface area contributed by atoms with Crippen molar-refractivity contribution in [3.63, 3.8) is 0 Å². The van der Waals surface area contributed by atoms with Crippen molar-refractivity contribution < 1.29 is 9.32 Å². The molecule has 2 aromatic heterocycles. The van der Waals surface area contributed by atoms with Gasteiger partial charge in [0.25, 0.3) is 0 Å². The number of pyridine rings is 1. The largest absolute Gasteiger partial charge is 0.341 e. The number of likely N-dealkylation sites (tertiary alicyclic amines) is 1. The summed E-state index contributed by atoms with van der Waals surface area (Å²) in [6.07, 6.45) is 8.42. The number of carbonyl (C=O) groups is 1. The zero-order valence-electron chi connectivity index (χ0n) is 13.9. The molecule has 0 radical (unpaired) electrons. The Morgan fingerprint density at radius 1 is 1.25 bits per heavy atom.